The van der Waals surface area contributed by atoms with Crippen LogP contribution in [0.15, 0.2) is 54.6 Å². The van der Waals surface area contributed by atoms with Crippen molar-refractivity contribution in [2.45, 2.75) is 90.6 Å². The van der Waals surface area contributed by atoms with Gasteiger partial charge in [-0.2, -0.15) is 0 Å². The average molecular weight is 524 g/mol. The molecule has 4 unspecified atom stereocenters. The molecular formula is C30H41N3O5. The van der Waals surface area contributed by atoms with Gasteiger partial charge in [0.15, 0.2) is 0 Å². The third-order valence-electron chi connectivity index (χ3n) is 6.21. The number of nitrogens with zero attached hydrogens (tertiary/aromatic N) is 1. The number of hydrogen-bond acceptors (Lipinski definition) is 5. The number of carbonyl (C=O) groups excluding carboxylic acids is 3. The molecule has 2 aromatic rings. The first-order valence-corrected chi connectivity index (χ1v) is 13.1. The molecule has 8 nitrogen and oxygen atoms in total. The molecule has 1 fully saturated rings. The van der Waals surface area contributed by atoms with Gasteiger partial charge in [0.1, 0.15) is 23.4 Å². The third kappa shape index (κ3) is 7.97. The minimum atomic E-state index is -1.09. The first-order valence-electron chi connectivity index (χ1n) is 13.1. The summed E-state index contributed by atoms with van der Waals surface area (Å²) in [6, 6.07) is 13.6. The van der Waals surface area contributed by atoms with Crippen molar-refractivity contribution in [2.75, 3.05) is 0 Å². The first-order chi connectivity index (χ1) is 17.7. The summed E-state index contributed by atoms with van der Waals surface area (Å²) in [5.41, 5.74) is -0.136. The van der Waals surface area contributed by atoms with Gasteiger partial charge in [-0.05, 0) is 65.5 Å². The van der Waals surface area contributed by atoms with Crippen LogP contribution < -0.4 is 10.6 Å². The molecule has 206 valence electrons. The highest BCUT2D eigenvalue weighted by atomic mass is 16.6. The van der Waals surface area contributed by atoms with Crippen LogP contribution in [0.3, 0.4) is 0 Å². The number of phenolic OH excluding ortho intramolecular Hbond substituents is 1. The maximum atomic E-state index is 14.4. The van der Waals surface area contributed by atoms with Crippen LogP contribution >= 0.6 is 0 Å². The number of aromatic hydroxyl groups is 1. The van der Waals surface area contributed by atoms with Crippen molar-refractivity contribution >= 4 is 17.9 Å². The molecule has 0 heterocycles. The summed E-state index contributed by atoms with van der Waals surface area (Å²) in [5, 5.41) is 16.5. The minimum Gasteiger partial charge on any atom is -0.508 e. The molecule has 0 bridgehead atoms. The lowest BCUT2D eigenvalue weighted by atomic mass is 9.98. The van der Waals surface area contributed by atoms with Crippen LogP contribution in [0.5, 0.6) is 5.75 Å². The molecule has 0 saturated heterocycles. The Bertz CT molecular complexity index is 1140. The van der Waals surface area contributed by atoms with Gasteiger partial charge in [-0.3, -0.25) is 9.59 Å². The van der Waals surface area contributed by atoms with Gasteiger partial charge in [-0.1, -0.05) is 55.5 Å². The van der Waals surface area contributed by atoms with E-state index in [-0.39, 0.29) is 24.1 Å². The van der Waals surface area contributed by atoms with E-state index in [0.717, 1.165) is 5.56 Å². The quantitative estimate of drug-likeness (QED) is 0.464. The van der Waals surface area contributed by atoms with Crippen molar-refractivity contribution in [3.8, 4) is 5.75 Å². The molecule has 0 radical (unpaired) electrons. The van der Waals surface area contributed by atoms with E-state index in [1.165, 1.54) is 6.07 Å². The maximum Gasteiger partial charge on any atom is 0.408 e. The molecule has 3 amide bonds. The summed E-state index contributed by atoms with van der Waals surface area (Å²) in [7, 11) is 0. The van der Waals surface area contributed by atoms with Gasteiger partial charge < -0.3 is 25.4 Å². The fraction of sp³-hybridized carbons (Fsp3) is 0.500. The fourth-order valence-electron chi connectivity index (χ4n) is 4.43. The number of alkyl carbamates (subject to hydrolysis) is 1. The number of para-hydroxylation sites is 1. The standard InChI is InChI=1S/C30H41N3O5/c1-19-17-23(19)33(25(26(35)32-29(2,3)4)21-15-11-12-16-24(21)34)27(36)22(18-20-13-9-8-10-14-20)31-28(37)38-30(5,6)7/h8-16,19,22-23,25,34H,17-18H2,1-7H3,(H,31,37)(H,32,35). The van der Waals surface area contributed by atoms with E-state index in [1.807, 2.05) is 58.0 Å². The van der Waals surface area contributed by atoms with Crippen molar-refractivity contribution in [1.82, 2.24) is 15.5 Å². The Labute approximate surface area is 225 Å². The summed E-state index contributed by atoms with van der Waals surface area (Å²) in [5.74, 6) is -0.727. The maximum absolute atomic E-state index is 14.4. The predicted molar refractivity (Wildman–Crippen MR) is 146 cm³/mol. The number of amides is 3. The molecule has 0 aliphatic heterocycles. The number of carbonyl (C=O) groups is 3. The van der Waals surface area contributed by atoms with E-state index in [4.69, 9.17) is 4.74 Å². The fourth-order valence-corrected chi connectivity index (χ4v) is 4.43. The summed E-state index contributed by atoms with van der Waals surface area (Å²) >= 11 is 0. The molecule has 0 spiro atoms. The molecule has 3 N–H and O–H groups in total. The van der Waals surface area contributed by atoms with E-state index >= 15 is 0 Å². The van der Waals surface area contributed by atoms with Crippen molar-refractivity contribution in [3.63, 3.8) is 0 Å². The highest BCUT2D eigenvalue weighted by Gasteiger charge is 2.49. The molecule has 3 rings (SSSR count). The van der Waals surface area contributed by atoms with Crippen LogP contribution in [0.25, 0.3) is 0 Å². The van der Waals surface area contributed by atoms with Gasteiger partial charge >= 0.3 is 6.09 Å². The Balaban J connectivity index is 2.06. The van der Waals surface area contributed by atoms with Crippen molar-refractivity contribution in [3.05, 3.63) is 65.7 Å². The second-order valence-corrected chi connectivity index (χ2v) is 12.1. The Morgan fingerprint density at radius 3 is 2.11 bits per heavy atom. The number of hydrogen-bond donors (Lipinski definition) is 3. The second kappa shape index (κ2) is 11.5. The molecule has 2 aromatic carbocycles. The van der Waals surface area contributed by atoms with Crippen LogP contribution in [0.4, 0.5) is 4.79 Å². The Morgan fingerprint density at radius 1 is 1.00 bits per heavy atom. The zero-order valence-electron chi connectivity index (χ0n) is 23.4. The van der Waals surface area contributed by atoms with Gasteiger partial charge in [0, 0.05) is 23.6 Å². The molecule has 4 atom stereocenters. The number of rotatable bonds is 8. The topological polar surface area (TPSA) is 108 Å². The number of phenols is 1. The second-order valence-electron chi connectivity index (χ2n) is 12.1. The lowest BCUT2D eigenvalue weighted by Crippen LogP contribution is -2.56. The minimum absolute atomic E-state index is 0.0765. The molecule has 1 aliphatic rings. The monoisotopic (exact) mass is 523 g/mol. The van der Waals surface area contributed by atoms with Crippen molar-refractivity contribution in [1.29, 1.82) is 0 Å². The van der Waals surface area contributed by atoms with Gasteiger partial charge in [-0.15, -0.1) is 0 Å². The van der Waals surface area contributed by atoms with Crippen molar-refractivity contribution < 1.29 is 24.2 Å². The summed E-state index contributed by atoms with van der Waals surface area (Å²) in [4.78, 5) is 42.5. The lowest BCUT2D eigenvalue weighted by molar-refractivity contribution is -0.144. The first kappa shape index (κ1) is 29.0. The molecule has 0 aromatic heterocycles. The molecule has 8 heteroatoms. The third-order valence-corrected chi connectivity index (χ3v) is 6.21. The molecule has 1 aliphatic carbocycles. The molecule has 38 heavy (non-hydrogen) atoms. The van der Waals surface area contributed by atoms with E-state index < -0.39 is 41.1 Å². The van der Waals surface area contributed by atoms with Gasteiger partial charge in [0.25, 0.3) is 0 Å². The lowest BCUT2D eigenvalue weighted by Gasteiger charge is -2.36. The van der Waals surface area contributed by atoms with Gasteiger partial charge in [0.2, 0.25) is 11.8 Å². The van der Waals surface area contributed by atoms with E-state index in [1.54, 1.807) is 43.9 Å². The number of benzene rings is 2. The van der Waals surface area contributed by atoms with Gasteiger partial charge in [0.05, 0.1) is 0 Å². The Kier molecular flexibility index (Phi) is 8.75. The van der Waals surface area contributed by atoms with Crippen LogP contribution in [-0.4, -0.2) is 51.1 Å². The zero-order valence-corrected chi connectivity index (χ0v) is 23.4. The average Bonchev–Trinajstić information content (AvgIpc) is 3.51. The highest BCUT2D eigenvalue weighted by molar-refractivity contribution is 5.93. The highest BCUT2D eigenvalue weighted by Crippen LogP contribution is 2.42. The smallest absolute Gasteiger partial charge is 0.408 e. The Hall–Kier alpha value is -3.55. The Morgan fingerprint density at radius 2 is 1.58 bits per heavy atom. The van der Waals surface area contributed by atoms with E-state index in [0.29, 0.717) is 12.0 Å². The van der Waals surface area contributed by atoms with Gasteiger partial charge in [-0.25, -0.2) is 4.79 Å². The van der Waals surface area contributed by atoms with E-state index in [9.17, 15) is 19.5 Å². The summed E-state index contributed by atoms with van der Waals surface area (Å²) in [6.45, 7) is 12.9. The molecular weight excluding hydrogens is 482 g/mol. The van der Waals surface area contributed by atoms with Crippen molar-refractivity contribution in [2.24, 2.45) is 5.92 Å². The number of ether oxygens (including phenoxy) is 1. The summed E-state index contributed by atoms with van der Waals surface area (Å²) < 4.78 is 5.47. The van der Waals surface area contributed by atoms with Crippen LogP contribution in [0.2, 0.25) is 0 Å². The summed E-state index contributed by atoms with van der Waals surface area (Å²) in [6.07, 6.45) is 0.211. The number of nitrogens with one attached hydrogen (secondary N) is 2. The van der Waals surface area contributed by atoms with Crippen LogP contribution in [0.1, 0.15) is 72.1 Å². The SMILES string of the molecule is CC1CC1N(C(=O)C(Cc1ccccc1)NC(=O)OC(C)(C)C)C(C(=O)NC(C)(C)C)c1ccccc1O. The predicted octanol–water partition coefficient (Wildman–Crippen LogP) is 4.72. The van der Waals surface area contributed by atoms with E-state index in [2.05, 4.69) is 10.6 Å². The van der Waals surface area contributed by atoms with Crippen LogP contribution in [-0.2, 0) is 20.7 Å². The largest absolute Gasteiger partial charge is 0.508 e. The molecule has 1 saturated carbocycles. The van der Waals surface area contributed by atoms with Crippen LogP contribution in [0, 0.1) is 5.92 Å². The normalized spacial score (nSPS) is 18.6. The zero-order chi connectivity index (χ0) is 28.3.